The standard InChI is InChI=1S/C10H16N2O/c1-2-3-6-11-7-8-12-10(13)9-4-5-9/h9,11H,4-8H2,1H3,(H,12,13). The monoisotopic (exact) mass is 180 g/mol. The second-order valence-electron chi connectivity index (χ2n) is 3.17. The Morgan fingerprint density at radius 2 is 2.23 bits per heavy atom. The number of carbonyl (C=O) groups excluding carboxylic acids is 1. The molecule has 1 fully saturated rings. The van der Waals surface area contributed by atoms with Crippen LogP contribution in [0.2, 0.25) is 0 Å². The van der Waals surface area contributed by atoms with E-state index in [0.29, 0.717) is 19.0 Å². The highest BCUT2D eigenvalue weighted by Crippen LogP contribution is 2.28. The number of carbonyl (C=O) groups is 1. The Hall–Kier alpha value is -1.01. The first kappa shape index (κ1) is 10.1. The molecule has 0 radical (unpaired) electrons. The number of hydrogen-bond donors (Lipinski definition) is 2. The summed E-state index contributed by atoms with van der Waals surface area (Å²) in [5, 5.41) is 5.98. The van der Waals surface area contributed by atoms with Gasteiger partial charge in [-0.1, -0.05) is 5.92 Å². The zero-order chi connectivity index (χ0) is 9.52. The minimum Gasteiger partial charge on any atom is -0.355 e. The first-order valence-electron chi connectivity index (χ1n) is 4.72. The zero-order valence-electron chi connectivity index (χ0n) is 8.02. The first-order chi connectivity index (χ1) is 6.34. The van der Waals surface area contributed by atoms with E-state index in [1.54, 1.807) is 0 Å². The van der Waals surface area contributed by atoms with Crippen LogP contribution in [0.25, 0.3) is 0 Å². The van der Waals surface area contributed by atoms with Crippen LogP contribution in [0.4, 0.5) is 0 Å². The van der Waals surface area contributed by atoms with Gasteiger partial charge in [0.2, 0.25) is 5.91 Å². The Morgan fingerprint density at radius 1 is 1.46 bits per heavy atom. The van der Waals surface area contributed by atoms with E-state index in [-0.39, 0.29) is 5.91 Å². The molecule has 0 aromatic heterocycles. The molecule has 0 atom stereocenters. The van der Waals surface area contributed by atoms with Crippen molar-refractivity contribution in [2.24, 2.45) is 5.92 Å². The summed E-state index contributed by atoms with van der Waals surface area (Å²) < 4.78 is 0. The van der Waals surface area contributed by atoms with E-state index in [1.807, 2.05) is 6.92 Å². The maximum absolute atomic E-state index is 11.1. The summed E-state index contributed by atoms with van der Waals surface area (Å²) in [6, 6.07) is 0. The van der Waals surface area contributed by atoms with Gasteiger partial charge in [0.15, 0.2) is 0 Å². The van der Waals surface area contributed by atoms with Crippen LogP contribution in [0.1, 0.15) is 19.8 Å². The van der Waals surface area contributed by atoms with E-state index in [4.69, 9.17) is 0 Å². The van der Waals surface area contributed by atoms with Gasteiger partial charge in [-0.15, -0.1) is 5.92 Å². The minimum atomic E-state index is 0.211. The first-order valence-corrected chi connectivity index (χ1v) is 4.72. The van der Waals surface area contributed by atoms with Gasteiger partial charge in [-0.2, -0.15) is 0 Å². The Bertz CT molecular complexity index is 223. The van der Waals surface area contributed by atoms with Crippen molar-refractivity contribution >= 4 is 5.91 Å². The van der Waals surface area contributed by atoms with E-state index in [0.717, 1.165) is 19.4 Å². The van der Waals surface area contributed by atoms with Crippen molar-refractivity contribution in [2.75, 3.05) is 19.6 Å². The van der Waals surface area contributed by atoms with Gasteiger partial charge in [0, 0.05) is 19.0 Å². The molecule has 1 rings (SSSR count). The second kappa shape index (κ2) is 5.60. The van der Waals surface area contributed by atoms with Gasteiger partial charge < -0.3 is 10.6 Å². The molecule has 13 heavy (non-hydrogen) atoms. The van der Waals surface area contributed by atoms with Crippen LogP contribution in [0.3, 0.4) is 0 Å². The van der Waals surface area contributed by atoms with Crippen molar-refractivity contribution in [3.05, 3.63) is 0 Å². The van der Waals surface area contributed by atoms with Crippen LogP contribution in [-0.2, 0) is 4.79 Å². The highest BCUT2D eigenvalue weighted by molar-refractivity contribution is 5.80. The molecule has 3 nitrogen and oxygen atoms in total. The molecule has 1 aliphatic carbocycles. The van der Waals surface area contributed by atoms with Crippen molar-refractivity contribution in [1.82, 2.24) is 10.6 Å². The molecule has 0 bridgehead atoms. The molecule has 0 heterocycles. The van der Waals surface area contributed by atoms with E-state index in [2.05, 4.69) is 22.5 Å². The molecule has 0 aliphatic heterocycles. The van der Waals surface area contributed by atoms with E-state index in [1.165, 1.54) is 0 Å². The van der Waals surface area contributed by atoms with Gasteiger partial charge >= 0.3 is 0 Å². The van der Waals surface area contributed by atoms with Crippen molar-refractivity contribution in [2.45, 2.75) is 19.8 Å². The largest absolute Gasteiger partial charge is 0.355 e. The smallest absolute Gasteiger partial charge is 0.223 e. The van der Waals surface area contributed by atoms with E-state index >= 15 is 0 Å². The number of amides is 1. The molecule has 0 unspecified atom stereocenters. The Morgan fingerprint density at radius 3 is 2.85 bits per heavy atom. The van der Waals surface area contributed by atoms with Crippen LogP contribution < -0.4 is 10.6 Å². The van der Waals surface area contributed by atoms with Crippen molar-refractivity contribution < 1.29 is 4.79 Å². The fraction of sp³-hybridized carbons (Fsp3) is 0.700. The molecule has 1 saturated carbocycles. The molecule has 0 aromatic carbocycles. The molecular formula is C10H16N2O. The third-order valence-corrected chi connectivity index (χ3v) is 1.94. The van der Waals surface area contributed by atoms with Crippen molar-refractivity contribution in [1.29, 1.82) is 0 Å². The molecule has 0 aromatic rings. The Labute approximate surface area is 79.3 Å². The van der Waals surface area contributed by atoms with Gasteiger partial charge in [-0.3, -0.25) is 4.79 Å². The van der Waals surface area contributed by atoms with Gasteiger partial charge in [0.1, 0.15) is 0 Å². The minimum absolute atomic E-state index is 0.211. The SMILES string of the molecule is CC#CCNCCNC(=O)C1CC1. The summed E-state index contributed by atoms with van der Waals surface area (Å²) in [5.74, 6) is 6.22. The molecule has 1 aliphatic rings. The summed E-state index contributed by atoms with van der Waals surface area (Å²) in [6.07, 6.45) is 2.14. The molecule has 0 spiro atoms. The number of nitrogens with one attached hydrogen (secondary N) is 2. The lowest BCUT2D eigenvalue weighted by Crippen LogP contribution is -2.32. The molecule has 2 N–H and O–H groups in total. The van der Waals surface area contributed by atoms with Crippen LogP contribution in [0.15, 0.2) is 0 Å². The van der Waals surface area contributed by atoms with Gasteiger partial charge in [0.25, 0.3) is 0 Å². The Balaban J connectivity index is 1.87. The third-order valence-electron chi connectivity index (χ3n) is 1.94. The van der Waals surface area contributed by atoms with Crippen molar-refractivity contribution in [3.63, 3.8) is 0 Å². The normalized spacial score (nSPS) is 14.5. The maximum atomic E-state index is 11.1. The molecule has 0 saturated heterocycles. The summed E-state index contributed by atoms with van der Waals surface area (Å²) in [7, 11) is 0. The van der Waals surface area contributed by atoms with Crippen LogP contribution >= 0.6 is 0 Å². The van der Waals surface area contributed by atoms with Gasteiger partial charge in [0.05, 0.1) is 6.54 Å². The van der Waals surface area contributed by atoms with Crippen molar-refractivity contribution in [3.8, 4) is 11.8 Å². The van der Waals surface area contributed by atoms with E-state index in [9.17, 15) is 4.79 Å². The third kappa shape index (κ3) is 4.54. The average Bonchev–Trinajstić information content (AvgIpc) is 2.93. The molecular weight excluding hydrogens is 164 g/mol. The van der Waals surface area contributed by atoms with Crippen LogP contribution in [0.5, 0.6) is 0 Å². The molecule has 72 valence electrons. The van der Waals surface area contributed by atoms with Gasteiger partial charge in [-0.25, -0.2) is 0 Å². The number of rotatable bonds is 5. The quantitative estimate of drug-likeness (QED) is 0.466. The lowest BCUT2D eigenvalue weighted by atomic mass is 10.4. The van der Waals surface area contributed by atoms with Crippen LogP contribution in [-0.4, -0.2) is 25.5 Å². The number of hydrogen-bond acceptors (Lipinski definition) is 2. The predicted molar refractivity (Wildman–Crippen MR) is 52.1 cm³/mol. The second-order valence-corrected chi connectivity index (χ2v) is 3.17. The average molecular weight is 180 g/mol. The maximum Gasteiger partial charge on any atom is 0.223 e. The van der Waals surface area contributed by atoms with E-state index < -0.39 is 0 Å². The molecule has 1 amide bonds. The fourth-order valence-corrected chi connectivity index (χ4v) is 1.00. The lowest BCUT2D eigenvalue weighted by molar-refractivity contribution is -0.122. The summed E-state index contributed by atoms with van der Waals surface area (Å²) in [4.78, 5) is 11.1. The zero-order valence-corrected chi connectivity index (χ0v) is 8.02. The topological polar surface area (TPSA) is 41.1 Å². The highest BCUT2D eigenvalue weighted by atomic mass is 16.2. The summed E-state index contributed by atoms with van der Waals surface area (Å²) in [6.45, 7) is 4.03. The van der Waals surface area contributed by atoms with Crippen LogP contribution in [0, 0.1) is 17.8 Å². The predicted octanol–water partition coefficient (Wildman–Crippen LogP) is 0.125. The fourth-order valence-electron chi connectivity index (χ4n) is 1.00. The summed E-state index contributed by atoms with van der Waals surface area (Å²) >= 11 is 0. The highest BCUT2D eigenvalue weighted by Gasteiger charge is 2.28. The lowest BCUT2D eigenvalue weighted by Gasteiger charge is -2.03. The summed E-state index contributed by atoms with van der Waals surface area (Å²) in [5.41, 5.74) is 0. The Kier molecular flexibility index (Phi) is 4.34. The van der Waals surface area contributed by atoms with Gasteiger partial charge in [-0.05, 0) is 19.8 Å². The molecule has 3 heteroatoms.